The molecule has 1 aromatic rings. The summed E-state index contributed by atoms with van der Waals surface area (Å²) in [5.41, 5.74) is 1.19. The highest BCUT2D eigenvalue weighted by Gasteiger charge is 2.36. The van der Waals surface area contributed by atoms with Crippen molar-refractivity contribution in [2.75, 3.05) is 13.2 Å². The average Bonchev–Trinajstić information content (AvgIpc) is 2.53. The summed E-state index contributed by atoms with van der Waals surface area (Å²) >= 11 is 0. The van der Waals surface area contributed by atoms with E-state index in [0.717, 1.165) is 12.8 Å². The lowest BCUT2D eigenvalue weighted by atomic mass is 9.86. The normalized spacial score (nSPS) is 21.2. The Balaban J connectivity index is 2.00. The van der Waals surface area contributed by atoms with Crippen molar-refractivity contribution < 1.29 is 19.4 Å². The monoisotopic (exact) mass is 303 g/mol. The summed E-state index contributed by atoms with van der Waals surface area (Å²) in [6, 6.07) is 9.18. The molecule has 0 radical (unpaired) electrons. The first kappa shape index (κ1) is 16.1. The summed E-state index contributed by atoms with van der Waals surface area (Å²) in [5, 5.41) is 9.40. The molecule has 0 spiro atoms. The lowest BCUT2D eigenvalue weighted by Crippen LogP contribution is -2.50. The second-order valence-corrected chi connectivity index (χ2v) is 5.49. The lowest BCUT2D eigenvalue weighted by molar-refractivity contribution is -0.144. The van der Waals surface area contributed by atoms with E-state index >= 15 is 0 Å². The van der Waals surface area contributed by atoms with E-state index in [1.807, 2.05) is 30.3 Å². The zero-order valence-electron chi connectivity index (χ0n) is 12.5. The molecule has 2 rings (SSSR count). The van der Waals surface area contributed by atoms with Gasteiger partial charge in [0.25, 0.3) is 0 Å². The van der Waals surface area contributed by atoms with Crippen molar-refractivity contribution in [3.63, 3.8) is 0 Å². The van der Waals surface area contributed by atoms with E-state index in [1.54, 1.807) is 0 Å². The van der Waals surface area contributed by atoms with Gasteiger partial charge in [-0.05, 0) is 30.7 Å². The third-order valence-corrected chi connectivity index (χ3v) is 3.92. The quantitative estimate of drug-likeness (QED) is 0.849. The van der Waals surface area contributed by atoms with Gasteiger partial charge in [-0.15, -0.1) is 0 Å². The number of ether oxygens (including phenoxy) is 1. The van der Waals surface area contributed by atoms with Crippen LogP contribution in [-0.4, -0.2) is 41.3 Å². The van der Waals surface area contributed by atoms with Gasteiger partial charge in [0.2, 0.25) is 0 Å². The maximum atomic E-state index is 11.9. The molecule has 1 N–H and O–H groups in total. The summed E-state index contributed by atoms with van der Waals surface area (Å²) in [4.78, 5) is 24.7. The predicted octanol–water partition coefficient (Wildman–Crippen LogP) is 2.72. The van der Waals surface area contributed by atoms with Gasteiger partial charge in [-0.3, -0.25) is 4.90 Å². The molecule has 22 heavy (non-hydrogen) atoms. The van der Waals surface area contributed by atoms with Gasteiger partial charge in [-0.1, -0.05) is 43.0 Å². The fraction of sp³-hybridized carbons (Fsp3) is 0.412. The van der Waals surface area contributed by atoms with Crippen LogP contribution in [0.5, 0.6) is 0 Å². The second kappa shape index (κ2) is 7.64. The summed E-state index contributed by atoms with van der Waals surface area (Å²) in [6.07, 6.45) is 2.95. The van der Waals surface area contributed by atoms with Gasteiger partial charge in [0.15, 0.2) is 0 Å². The Labute approximate surface area is 130 Å². The molecular weight excluding hydrogens is 282 g/mol. The summed E-state index contributed by atoms with van der Waals surface area (Å²) < 4.78 is 4.97. The van der Waals surface area contributed by atoms with Crippen molar-refractivity contribution in [2.45, 2.75) is 25.3 Å². The van der Waals surface area contributed by atoms with E-state index in [0.29, 0.717) is 13.0 Å². The number of likely N-dealkylation sites (tertiary alicyclic amines) is 1. The number of hydrogen-bond acceptors (Lipinski definition) is 3. The van der Waals surface area contributed by atoms with Gasteiger partial charge in [-0.25, -0.2) is 9.59 Å². The number of carbonyl (C=O) groups is 2. The van der Waals surface area contributed by atoms with Crippen LogP contribution in [0.2, 0.25) is 0 Å². The maximum absolute atomic E-state index is 11.9. The number of carbonyl (C=O) groups excluding carboxylic acids is 1. The third-order valence-electron chi connectivity index (χ3n) is 3.92. The number of amides is 1. The molecule has 0 aromatic heterocycles. The first-order valence-corrected chi connectivity index (χ1v) is 7.43. The van der Waals surface area contributed by atoms with Gasteiger partial charge in [-0.2, -0.15) is 0 Å². The minimum atomic E-state index is -0.978. The Morgan fingerprint density at radius 2 is 2.09 bits per heavy atom. The van der Waals surface area contributed by atoms with Crippen molar-refractivity contribution in [3.05, 3.63) is 48.6 Å². The Hall–Kier alpha value is -2.30. The highest BCUT2D eigenvalue weighted by molar-refractivity contribution is 5.80. The molecule has 2 atom stereocenters. The van der Waals surface area contributed by atoms with Gasteiger partial charge in [0, 0.05) is 6.54 Å². The van der Waals surface area contributed by atoms with E-state index in [-0.39, 0.29) is 12.5 Å². The van der Waals surface area contributed by atoms with Crippen molar-refractivity contribution in [1.82, 2.24) is 4.90 Å². The topological polar surface area (TPSA) is 66.8 Å². The molecule has 0 bridgehead atoms. The molecule has 0 unspecified atom stereocenters. The molecule has 0 saturated carbocycles. The van der Waals surface area contributed by atoms with Crippen LogP contribution >= 0.6 is 0 Å². The zero-order chi connectivity index (χ0) is 15.9. The van der Waals surface area contributed by atoms with Gasteiger partial charge >= 0.3 is 12.1 Å². The number of aliphatic carboxylic acids is 1. The molecule has 1 heterocycles. The summed E-state index contributed by atoms with van der Waals surface area (Å²) in [7, 11) is 0. The Morgan fingerprint density at radius 1 is 1.36 bits per heavy atom. The summed E-state index contributed by atoms with van der Waals surface area (Å²) in [5.74, 6) is -0.722. The van der Waals surface area contributed by atoms with E-state index in [1.165, 1.54) is 16.5 Å². The van der Waals surface area contributed by atoms with Crippen LogP contribution < -0.4 is 0 Å². The number of carboxylic acid groups (broad SMARTS) is 1. The van der Waals surface area contributed by atoms with Gasteiger partial charge in [0.05, 0.1) is 0 Å². The van der Waals surface area contributed by atoms with Crippen LogP contribution in [0.4, 0.5) is 4.79 Å². The zero-order valence-corrected chi connectivity index (χ0v) is 12.5. The number of rotatable bonds is 5. The Morgan fingerprint density at radius 3 is 2.73 bits per heavy atom. The molecule has 118 valence electrons. The molecule has 5 nitrogen and oxygen atoms in total. The minimum absolute atomic E-state index is 0.0924. The highest BCUT2D eigenvalue weighted by Crippen LogP contribution is 2.27. The van der Waals surface area contributed by atoms with Crippen LogP contribution in [0.3, 0.4) is 0 Å². The number of piperidine rings is 1. The Bertz CT molecular complexity index is 529. The SMILES string of the molecule is C=CCOC(=O)N1CC[C@@H](Cc2ccccc2)C[C@H]1C(=O)O. The molecule has 1 fully saturated rings. The average molecular weight is 303 g/mol. The van der Waals surface area contributed by atoms with Crippen molar-refractivity contribution >= 4 is 12.1 Å². The third kappa shape index (κ3) is 4.10. The van der Waals surface area contributed by atoms with Gasteiger partial charge < -0.3 is 9.84 Å². The van der Waals surface area contributed by atoms with E-state index in [2.05, 4.69) is 6.58 Å². The number of hydrogen-bond donors (Lipinski definition) is 1. The molecule has 0 aliphatic carbocycles. The fourth-order valence-electron chi connectivity index (χ4n) is 2.84. The van der Waals surface area contributed by atoms with Crippen LogP contribution in [0, 0.1) is 5.92 Å². The first-order valence-electron chi connectivity index (χ1n) is 7.43. The van der Waals surface area contributed by atoms with E-state index < -0.39 is 18.1 Å². The van der Waals surface area contributed by atoms with Crippen LogP contribution in [-0.2, 0) is 16.0 Å². The second-order valence-electron chi connectivity index (χ2n) is 5.49. The first-order chi connectivity index (χ1) is 10.6. The molecule has 5 heteroatoms. The standard InChI is InChI=1S/C17H21NO4/c1-2-10-22-17(21)18-9-8-14(12-15(18)16(19)20)11-13-6-4-3-5-7-13/h2-7,14-15H,1,8-12H2,(H,19,20)/t14-,15-/m0/s1. The summed E-state index contributed by atoms with van der Waals surface area (Å²) in [6.45, 7) is 3.98. The molecule has 1 aliphatic rings. The maximum Gasteiger partial charge on any atom is 0.410 e. The molecule has 1 amide bonds. The van der Waals surface area contributed by atoms with Crippen molar-refractivity contribution in [1.29, 1.82) is 0 Å². The molecule has 1 aliphatic heterocycles. The minimum Gasteiger partial charge on any atom is -0.480 e. The van der Waals surface area contributed by atoms with E-state index in [9.17, 15) is 14.7 Å². The molecule has 1 saturated heterocycles. The van der Waals surface area contributed by atoms with Crippen LogP contribution in [0.15, 0.2) is 43.0 Å². The predicted molar refractivity (Wildman–Crippen MR) is 82.5 cm³/mol. The van der Waals surface area contributed by atoms with Crippen molar-refractivity contribution in [3.8, 4) is 0 Å². The fourth-order valence-corrected chi connectivity index (χ4v) is 2.84. The number of carboxylic acids is 1. The van der Waals surface area contributed by atoms with Crippen LogP contribution in [0.25, 0.3) is 0 Å². The largest absolute Gasteiger partial charge is 0.480 e. The van der Waals surface area contributed by atoms with E-state index in [4.69, 9.17) is 4.74 Å². The lowest BCUT2D eigenvalue weighted by Gasteiger charge is -2.36. The van der Waals surface area contributed by atoms with Crippen LogP contribution in [0.1, 0.15) is 18.4 Å². The van der Waals surface area contributed by atoms with Crippen molar-refractivity contribution in [2.24, 2.45) is 5.92 Å². The smallest absolute Gasteiger partial charge is 0.410 e. The molecule has 1 aromatic carbocycles. The number of benzene rings is 1. The molecular formula is C17H21NO4. The number of nitrogens with zero attached hydrogens (tertiary/aromatic N) is 1. The highest BCUT2D eigenvalue weighted by atomic mass is 16.6. The van der Waals surface area contributed by atoms with Gasteiger partial charge in [0.1, 0.15) is 12.6 Å². The Kier molecular flexibility index (Phi) is 5.58.